The van der Waals surface area contributed by atoms with Crippen LogP contribution in [0.5, 0.6) is 5.75 Å². The molecule has 1 aliphatic heterocycles. The summed E-state index contributed by atoms with van der Waals surface area (Å²) in [6.07, 6.45) is 2.56. The molecule has 0 saturated carbocycles. The van der Waals surface area contributed by atoms with E-state index in [1.165, 1.54) is 6.26 Å². The Kier molecular flexibility index (Phi) is 5.05. The number of hydrogen-bond donors (Lipinski definition) is 1. The number of aromatic nitrogens is 1. The third kappa shape index (κ3) is 4.20. The van der Waals surface area contributed by atoms with Crippen LogP contribution in [0, 0.1) is 0 Å². The van der Waals surface area contributed by atoms with Crippen molar-refractivity contribution in [3.05, 3.63) is 66.1 Å². The normalized spacial score (nSPS) is 12.8. The van der Waals surface area contributed by atoms with Crippen molar-refractivity contribution in [2.24, 2.45) is 0 Å². The average Bonchev–Trinajstić information content (AvgIpc) is 3.20. The van der Waals surface area contributed by atoms with E-state index in [1.807, 2.05) is 36.4 Å². The summed E-state index contributed by atoms with van der Waals surface area (Å²) < 4.78 is 16.1. The largest absolute Gasteiger partial charge is 0.482 e. The zero-order valence-electron chi connectivity index (χ0n) is 15.0. The highest BCUT2D eigenvalue weighted by Gasteiger charge is 2.15. The van der Waals surface area contributed by atoms with Crippen LogP contribution in [0.15, 0.2) is 59.2 Å². The lowest BCUT2D eigenvalue weighted by molar-refractivity contribution is -0.147. The SMILES string of the molecule is O=C1CCc2cc(OCC(=O)OCc3coc(-c4ccccc4)n3)ccc2N1. The molecule has 28 heavy (non-hydrogen) atoms. The van der Waals surface area contributed by atoms with Gasteiger partial charge in [-0.3, -0.25) is 4.79 Å². The second kappa shape index (κ2) is 7.96. The zero-order valence-corrected chi connectivity index (χ0v) is 15.0. The molecule has 4 rings (SSSR count). The second-order valence-corrected chi connectivity index (χ2v) is 6.33. The molecule has 7 nitrogen and oxygen atoms in total. The number of nitrogens with one attached hydrogen (secondary N) is 1. The monoisotopic (exact) mass is 378 g/mol. The minimum Gasteiger partial charge on any atom is -0.482 e. The Labute approximate surface area is 161 Å². The molecule has 0 fully saturated rings. The first-order valence-corrected chi connectivity index (χ1v) is 8.88. The van der Waals surface area contributed by atoms with Crippen molar-refractivity contribution >= 4 is 17.6 Å². The smallest absolute Gasteiger partial charge is 0.344 e. The van der Waals surface area contributed by atoms with E-state index < -0.39 is 5.97 Å². The summed E-state index contributed by atoms with van der Waals surface area (Å²) in [5.74, 6) is 0.534. The van der Waals surface area contributed by atoms with Gasteiger partial charge >= 0.3 is 5.97 Å². The molecule has 7 heteroatoms. The van der Waals surface area contributed by atoms with Crippen molar-refractivity contribution in [1.29, 1.82) is 0 Å². The molecule has 142 valence electrons. The molecule has 0 radical (unpaired) electrons. The standard InChI is InChI=1S/C21H18N2O5/c24-19-9-6-15-10-17(7-8-18(15)23-19)26-13-20(25)27-11-16-12-28-21(22-16)14-4-2-1-3-5-14/h1-5,7-8,10,12H,6,9,11,13H2,(H,23,24). The number of carbonyl (C=O) groups excluding carboxylic acids is 2. The minimum absolute atomic E-state index is 0.00743. The summed E-state index contributed by atoms with van der Waals surface area (Å²) in [7, 11) is 0. The van der Waals surface area contributed by atoms with Gasteiger partial charge in [0.2, 0.25) is 11.8 Å². The van der Waals surface area contributed by atoms with Gasteiger partial charge in [-0.1, -0.05) is 18.2 Å². The minimum atomic E-state index is -0.504. The van der Waals surface area contributed by atoms with E-state index >= 15 is 0 Å². The summed E-state index contributed by atoms with van der Waals surface area (Å²) in [5.41, 5.74) is 3.15. The fourth-order valence-corrected chi connectivity index (χ4v) is 2.87. The van der Waals surface area contributed by atoms with E-state index in [-0.39, 0.29) is 19.1 Å². The molecule has 0 aliphatic carbocycles. The number of carbonyl (C=O) groups is 2. The molecule has 1 aromatic heterocycles. The Hall–Kier alpha value is -3.61. The number of hydrogen-bond acceptors (Lipinski definition) is 6. The third-order valence-electron chi connectivity index (χ3n) is 4.28. The van der Waals surface area contributed by atoms with Crippen LogP contribution in [0.25, 0.3) is 11.5 Å². The molecular weight excluding hydrogens is 360 g/mol. The van der Waals surface area contributed by atoms with Crippen molar-refractivity contribution in [2.75, 3.05) is 11.9 Å². The van der Waals surface area contributed by atoms with Gasteiger partial charge in [-0.05, 0) is 42.3 Å². The summed E-state index contributed by atoms with van der Waals surface area (Å²) in [5, 5.41) is 2.80. The van der Waals surface area contributed by atoms with Gasteiger partial charge in [0.15, 0.2) is 6.61 Å². The number of oxazole rings is 1. The molecule has 0 bridgehead atoms. The molecule has 1 aliphatic rings. The van der Waals surface area contributed by atoms with Gasteiger partial charge in [0, 0.05) is 17.7 Å². The van der Waals surface area contributed by atoms with Crippen molar-refractivity contribution < 1.29 is 23.5 Å². The number of anilines is 1. The van der Waals surface area contributed by atoms with Gasteiger partial charge in [0.1, 0.15) is 24.3 Å². The van der Waals surface area contributed by atoms with Crippen LogP contribution in [0.2, 0.25) is 0 Å². The van der Waals surface area contributed by atoms with Gasteiger partial charge in [0.25, 0.3) is 0 Å². The quantitative estimate of drug-likeness (QED) is 0.662. The molecule has 3 aromatic rings. The number of aryl methyl sites for hydroxylation is 1. The topological polar surface area (TPSA) is 90.7 Å². The van der Waals surface area contributed by atoms with Crippen LogP contribution in [0.1, 0.15) is 17.7 Å². The predicted molar refractivity (Wildman–Crippen MR) is 101 cm³/mol. The number of ether oxygens (including phenoxy) is 2. The molecule has 2 heterocycles. The summed E-state index contributed by atoms with van der Waals surface area (Å²) >= 11 is 0. The summed E-state index contributed by atoms with van der Waals surface area (Å²) in [6, 6.07) is 14.8. The number of amides is 1. The Balaban J connectivity index is 1.27. The van der Waals surface area contributed by atoms with Crippen LogP contribution in [0.4, 0.5) is 5.69 Å². The highest BCUT2D eigenvalue weighted by molar-refractivity contribution is 5.94. The lowest BCUT2D eigenvalue weighted by Crippen LogP contribution is -2.19. The molecule has 0 saturated heterocycles. The van der Waals surface area contributed by atoms with Crippen LogP contribution >= 0.6 is 0 Å². The Bertz CT molecular complexity index is 997. The Morgan fingerprint density at radius 3 is 2.86 bits per heavy atom. The van der Waals surface area contributed by atoms with Crippen molar-refractivity contribution in [2.45, 2.75) is 19.4 Å². The zero-order chi connectivity index (χ0) is 19.3. The predicted octanol–water partition coefficient (Wildman–Crippen LogP) is 3.35. The maximum Gasteiger partial charge on any atom is 0.344 e. The van der Waals surface area contributed by atoms with Gasteiger partial charge < -0.3 is 19.2 Å². The number of benzene rings is 2. The first-order chi connectivity index (χ1) is 13.7. The van der Waals surface area contributed by atoms with E-state index in [2.05, 4.69) is 10.3 Å². The van der Waals surface area contributed by atoms with Crippen molar-refractivity contribution in [3.63, 3.8) is 0 Å². The lowest BCUT2D eigenvalue weighted by atomic mass is 10.0. The van der Waals surface area contributed by atoms with Crippen molar-refractivity contribution in [1.82, 2.24) is 4.98 Å². The van der Waals surface area contributed by atoms with Crippen LogP contribution < -0.4 is 10.1 Å². The molecule has 0 spiro atoms. The number of rotatable bonds is 6. The van der Waals surface area contributed by atoms with Gasteiger partial charge in [-0.2, -0.15) is 0 Å². The van der Waals surface area contributed by atoms with E-state index in [1.54, 1.807) is 12.1 Å². The van der Waals surface area contributed by atoms with Gasteiger partial charge in [-0.15, -0.1) is 0 Å². The molecule has 0 unspecified atom stereocenters. The number of fused-ring (bicyclic) bond motifs is 1. The van der Waals surface area contributed by atoms with Crippen LogP contribution in [-0.4, -0.2) is 23.5 Å². The van der Waals surface area contributed by atoms with Crippen LogP contribution in [0.3, 0.4) is 0 Å². The maximum absolute atomic E-state index is 11.9. The number of nitrogens with zero attached hydrogens (tertiary/aromatic N) is 1. The fraction of sp³-hybridized carbons (Fsp3) is 0.190. The molecule has 0 atom stereocenters. The van der Waals surface area contributed by atoms with Gasteiger partial charge in [-0.25, -0.2) is 9.78 Å². The molecule has 2 aromatic carbocycles. The second-order valence-electron chi connectivity index (χ2n) is 6.33. The van der Waals surface area contributed by atoms with E-state index in [9.17, 15) is 9.59 Å². The maximum atomic E-state index is 11.9. The third-order valence-corrected chi connectivity index (χ3v) is 4.28. The van der Waals surface area contributed by atoms with Crippen LogP contribution in [-0.2, 0) is 27.4 Å². The van der Waals surface area contributed by atoms with E-state index in [4.69, 9.17) is 13.9 Å². The first-order valence-electron chi connectivity index (χ1n) is 8.88. The summed E-state index contributed by atoms with van der Waals surface area (Å²) in [4.78, 5) is 27.6. The Morgan fingerprint density at radius 2 is 2.00 bits per heavy atom. The van der Waals surface area contributed by atoms with E-state index in [0.717, 1.165) is 16.8 Å². The Morgan fingerprint density at radius 1 is 1.14 bits per heavy atom. The molecule has 1 N–H and O–H groups in total. The first kappa shape index (κ1) is 17.8. The molecule has 1 amide bonds. The van der Waals surface area contributed by atoms with Crippen molar-refractivity contribution in [3.8, 4) is 17.2 Å². The average molecular weight is 378 g/mol. The molecular formula is C21H18N2O5. The highest BCUT2D eigenvalue weighted by Crippen LogP contribution is 2.26. The number of esters is 1. The van der Waals surface area contributed by atoms with Gasteiger partial charge in [0.05, 0.1) is 0 Å². The fourth-order valence-electron chi connectivity index (χ4n) is 2.87. The summed E-state index contributed by atoms with van der Waals surface area (Å²) in [6.45, 7) is -0.205. The van der Waals surface area contributed by atoms with E-state index in [0.29, 0.717) is 30.2 Å². The lowest BCUT2D eigenvalue weighted by Gasteiger charge is -2.17. The highest BCUT2D eigenvalue weighted by atomic mass is 16.6.